The van der Waals surface area contributed by atoms with E-state index in [0.29, 0.717) is 13.0 Å². The molecule has 128 valence electrons. The van der Waals surface area contributed by atoms with Gasteiger partial charge in [0, 0.05) is 25.1 Å². The van der Waals surface area contributed by atoms with Crippen molar-refractivity contribution in [2.75, 3.05) is 13.7 Å². The largest absolute Gasteiger partial charge is 0.497 e. The van der Waals surface area contributed by atoms with Gasteiger partial charge in [-0.05, 0) is 30.7 Å². The lowest BCUT2D eigenvalue weighted by Gasteiger charge is -2.00. The molecule has 0 unspecified atom stereocenters. The lowest BCUT2D eigenvalue weighted by molar-refractivity contribution is -0.116. The Morgan fingerprint density at radius 2 is 2.04 bits per heavy atom. The maximum Gasteiger partial charge on any atom is 0.244 e. The molecule has 0 bridgehead atoms. The zero-order valence-corrected chi connectivity index (χ0v) is 14.4. The average Bonchev–Trinajstić information content (AvgIpc) is 3.03. The van der Waals surface area contributed by atoms with Crippen LogP contribution >= 0.6 is 0 Å². The van der Waals surface area contributed by atoms with E-state index in [1.54, 1.807) is 13.2 Å². The van der Waals surface area contributed by atoms with E-state index in [0.717, 1.165) is 28.2 Å². The molecule has 3 aromatic rings. The summed E-state index contributed by atoms with van der Waals surface area (Å²) >= 11 is 0. The van der Waals surface area contributed by atoms with Gasteiger partial charge in [-0.25, -0.2) is 4.98 Å². The highest BCUT2D eigenvalue weighted by Crippen LogP contribution is 2.18. The van der Waals surface area contributed by atoms with Gasteiger partial charge in [-0.1, -0.05) is 29.8 Å². The third-order valence-electron chi connectivity index (χ3n) is 3.90. The number of carbonyl (C=O) groups excluding carboxylic acids is 1. The van der Waals surface area contributed by atoms with E-state index in [4.69, 9.17) is 4.74 Å². The monoisotopic (exact) mass is 335 g/mol. The van der Waals surface area contributed by atoms with E-state index < -0.39 is 0 Å². The quantitative estimate of drug-likeness (QED) is 0.680. The molecule has 1 amide bonds. The molecule has 3 rings (SSSR count). The summed E-state index contributed by atoms with van der Waals surface area (Å²) in [6.07, 6.45) is 4.00. The van der Waals surface area contributed by atoms with Crippen molar-refractivity contribution in [1.82, 2.24) is 15.3 Å². The van der Waals surface area contributed by atoms with E-state index >= 15 is 0 Å². The molecule has 25 heavy (non-hydrogen) atoms. The lowest BCUT2D eigenvalue weighted by Crippen LogP contribution is -2.23. The lowest BCUT2D eigenvalue weighted by atomic mass is 10.1. The van der Waals surface area contributed by atoms with Gasteiger partial charge in [-0.3, -0.25) is 4.79 Å². The van der Waals surface area contributed by atoms with Crippen molar-refractivity contribution in [3.8, 4) is 5.75 Å². The predicted octanol–water partition coefficient (Wildman–Crippen LogP) is 3.25. The Labute approximate surface area is 146 Å². The number of aromatic amines is 1. The summed E-state index contributed by atoms with van der Waals surface area (Å²) in [5.74, 6) is 1.52. The molecule has 0 fully saturated rings. The fourth-order valence-corrected chi connectivity index (χ4v) is 2.50. The Morgan fingerprint density at radius 1 is 1.24 bits per heavy atom. The van der Waals surface area contributed by atoms with E-state index in [9.17, 15) is 4.79 Å². The second-order valence-electron chi connectivity index (χ2n) is 5.85. The number of aryl methyl sites for hydroxylation is 1. The molecule has 0 saturated heterocycles. The summed E-state index contributed by atoms with van der Waals surface area (Å²) in [5, 5.41) is 2.87. The molecule has 5 heteroatoms. The summed E-state index contributed by atoms with van der Waals surface area (Å²) in [6.45, 7) is 2.56. The zero-order valence-electron chi connectivity index (χ0n) is 14.4. The van der Waals surface area contributed by atoms with Crippen molar-refractivity contribution in [2.45, 2.75) is 13.3 Å². The molecule has 0 spiro atoms. The first-order valence-electron chi connectivity index (χ1n) is 8.19. The zero-order chi connectivity index (χ0) is 17.6. The molecule has 0 radical (unpaired) electrons. The Bertz CT molecular complexity index is 895. The summed E-state index contributed by atoms with van der Waals surface area (Å²) in [7, 11) is 1.64. The Morgan fingerprint density at radius 3 is 2.80 bits per heavy atom. The minimum Gasteiger partial charge on any atom is -0.497 e. The molecule has 1 heterocycles. The average molecular weight is 335 g/mol. The minimum absolute atomic E-state index is 0.113. The smallest absolute Gasteiger partial charge is 0.244 e. The molecule has 2 aromatic carbocycles. The van der Waals surface area contributed by atoms with Crippen molar-refractivity contribution < 1.29 is 9.53 Å². The SMILES string of the molecule is COc1ccc2nc(CCNC(=O)/C=C/c3ccc(C)cc3)[nH]c2c1. The number of nitrogens with one attached hydrogen (secondary N) is 2. The molecule has 5 nitrogen and oxygen atoms in total. The minimum atomic E-state index is -0.113. The number of nitrogens with zero attached hydrogens (tertiary/aromatic N) is 1. The van der Waals surface area contributed by atoms with Crippen LogP contribution in [0.1, 0.15) is 17.0 Å². The standard InChI is InChI=1S/C20H21N3O2/c1-14-3-5-15(6-4-14)7-10-20(24)21-12-11-19-22-17-9-8-16(25-2)13-18(17)23-19/h3-10,13H,11-12H2,1-2H3,(H,21,24)(H,22,23)/b10-7+. The fraction of sp³-hybridized carbons (Fsp3) is 0.200. The van der Waals surface area contributed by atoms with E-state index in [1.807, 2.05) is 55.5 Å². The number of benzene rings is 2. The van der Waals surface area contributed by atoms with Crippen LogP contribution in [0.25, 0.3) is 17.1 Å². The molecular weight excluding hydrogens is 314 g/mol. The van der Waals surface area contributed by atoms with Crippen molar-refractivity contribution >= 4 is 23.0 Å². The molecule has 0 aliphatic rings. The van der Waals surface area contributed by atoms with Crippen LogP contribution < -0.4 is 10.1 Å². The van der Waals surface area contributed by atoms with E-state index in [1.165, 1.54) is 5.56 Å². The highest BCUT2D eigenvalue weighted by Gasteiger charge is 2.04. The topological polar surface area (TPSA) is 67.0 Å². The second kappa shape index (κ2) is 7.66. The predicted molar refractivity (Wildman–Crippen MR) is 99.6 cm³/mol. The van der Waals surface area contributed by atoms with Gasteiger partial charge in [0.05, 0.1) is 18.1 Å². The number of imidazole rings is 1. The van der Waals surface area contributed by atoms with Crippen LogP contribution in [0.2, 0.25) is 0 Å². The normalized spacial score (nSPS) is 11.1. The highest BCUT2D eigenvalue weighted by atomic mass is 16.5. The number of H-pyrrole nitrogens is 1. The first-order chi connectivity index (χ1) is 12.1. The van der Waals surface area contributed by atoms with Crippen LogP contribution in [-0.4, -0.2) is 29.5 Å². The Hall–Kier alpha value is -3.08. The number of hydrogen-bond donors (Lipinski definition) is 2. The molecule has 0 saturated carbocycles. The van der Waals surface area contributed by atoms with Crippen LogP contribution in [0.4, 0.5) is 0 Å². The molecular formula is C20H21N3O2. The fourth-order valence-electron chi connectivity index (χ4n) is 2.50. The number of amides is 1. The van der Waals surface area contributed by atoms with Gasteiger partial charge in [-0.15, -0.1) is 0 Å². The van der Waals surface area contributed by atoms with Gasteiger partial charge >= 0.3 is 0 Å². The first kappa shape index (κ1) is 16.8. The number of rotatable bonds is 6. The maximum absolute atomic E-state index is 11.9. The summed E-state index contributed by atoms with van der Waals surface area (Å²) in [4.78, 5) is 19.6. The van der Waals surface area contributed by atoms with Gasteiger partial charge in [-0.2, -0.15) is 0 Å². The summed E-state index contributed by atoms with van der Waals surface area (Å²) < 4.78 is 5.20. The van der Waals surface area contributed by atoms with Gasteiger partial charge < -0.3 is 15.0 Å². The third-order valence-corrected chi connectivity index (χ3v) is 3.90. The molecule has 2 N–H and O–H groups in total. The van der Waals surface area contributed by atoms with Crippen molar-refractivity contribution in [2.24, 2.45) is 0 Å². The third kappa shape index (κ3) is 4.47. The Balaban J connectivity index is 1.52. The van der Waals surface area contributed by atoms with E-state index in [-0.39, 0.29) is 5.91 Å². The molecule has 0 aliphatic carbocycles. The van der Waals surface area contributed by atoms with Crippen LogP contribution in [0.15, 0.2) is 48.5 Å². The molecule has 0 aliphatic heterocycles. The number of fused-ring (bicyclic) bond motifs is 1. The number of aromatic nitrogens is 2. The maximum atomic E-state index is 11.9. The van der Waals surface area contributed by atoms with Crippen LogP contribution in [0.3, 0.4) is 0 Å². The number of hydrogen-bond acceptors (Lipinski definition) is 3. The Kier molecular flexibility index (Phi) is 5.14. The van der Waals surface area contributed by atoms with Gasteiger partial charge in [0.2, 0.25) is 5.91 Å². The van der Waals surface area contributed by atoms with Crippen LogP contribution in [-0.2, 0) is 11.2 Å². The van der Waals surface area contributed by atoms with Gasteiger partial charge in [0.25, 0.3) is 0 Å². The van der Waals surface area contributed by atoms with Crippen molar-refractivity contribution in [3.05, 3.63) is 65.5 Å². The second-order valence-corrected chi connectivity index (χ2v) is 5.85. The van der Waals surface area contributed by atoms with E-state index in [2.05, 4.69) is 15.3 Å². The first-order valence-corrected chi connectivity index (χ1v) is 8.19. The molecule has 0 atom stereocenters. The van der Waals surface area contributed by atoms with Gasteiger partial charge in [0.15, 0.2) is 0 Å². The number of methoxy groups -OCH3 is 1. The van der Waals surface area contributed by atoms with Crippen LogP contribution in [0, 0.1) is 6.92 Å². The summed E-state index contributed by atoms with van der Waals surface area (Å²) in [5.41, 5.74) is 4.03. The van der Waals surface area contributed by atoms with Crippen molar-refractivity contribution in [1.29, 1.82) is 0 Å². The number of carbonyl (C=O) groups is 1. The van der Waals surface area contributed by atoms with Crippen LogP contribution in [0.5, 0.6) is 5.75 Å². The highest BCUT2D eigenvalue weighted by molar-refractivity contribution is 5.91. The van der Waals surface area contributed by atoms with Gasteiger partial charge in [0.1, 0.15) is 11.6 Å². The summed E-state index contributed by atoms with van der Waals surface area (Å²) in [6, 6.07) is 13.7. The molecule has 1 aromatic heterocycles. The number of ether oxygens (including phenoxy) is 1. The van der Waals surface area contributed by atoms with Crippen molar-refractivity contribution in [3.63, 3.8) is 0 Å².